The Hall–Kier alpha value is 0.110. The van der Waals surface area contributed by atoms with Crippen molar-refractivity contribution >= 4 is 7.82 Å². The van der Waals surface area contributed by atoms with Crippen molar-refractivity contribution in [3.63, 3.8) is 0 Å². The van der Waals surface area contributed by atoms with Gasteiger partial charge in [-0.25, -0.2) is 4.57 Å². The van der Waals surface area contributed by atoms with Crippen molar-refractivity contribution in [2.45, 2.75) is 98.3 Å². The summed E-state index contributed by atoms with van der Waals surface area (Å²) in [5.74, 6) is 0. The van der Waals surface area contributed by atoms with Crippen molar-refractivity contribution < 1.29 is 18.5 Å². The molecule has 0 heterocycles. The number of hydrogen-bond donors (Lipinski definition) is 1. The van der Waals surface area contributed by atoms with E-state index in [1.807, 2.05) is 0 Å². The predicted molar refractivity (Wildman–Crippen MR) is 97.6 cm³/mol. The van der Waals surface area contributed by atoms with Crippen LogP contribution in [0.2, 0.25) is 0 Å². The Morgan fingerprint density at radius 2 is 1.26 bits per heavy atom. The Morgan fingerprint density at radius 1 is 0.783 bits per heavy atom. The van der Waals surface area contributed by atoms with E-state index in [9.17, 15) is 9.46 Å². The van der Waals surface area contributed by atoms with Crippen LogP contribution in [0.4, 0.5) is 0 Å². The summed E-state index contributed by atoms with van der Waals surface area (Å²) in [6, 6.07) is 0. The molecule has 0 amide bonds. The summed E-state index contributed by atoms with van der Waals surface area (Å²) in [5.41, 5.74) is 0.481. The smallest absolute Gasteiger partial charge is 0.302 e. The van der Waals surface area contributed by atoms with Crippen LogP contribution in [0.5, 0.6) is 0 Å². The van der Waals surface area contributed by atoms with Gasteiger partial charge in [-0.1, -0.05) is 79.1 Å². The van der Waals surface area contributed by atoms with E-state index in [1.165, 1.54) is 25.7 Å². The lowest BCUT2D eigenvalue weighted by Gasteiger charge is -2.30. The van der Waals surface area contributed by atoms with E-state index in [0.717, 1.165) is 44.9 Å². The highest BCUT2D eigenvalue weighted by molar-refractivity contribution is 7.47. The molecule has 140 valence electrons. The summed E-state index contributed by atoms with van der Waals surface area (Å²) in [5, 5.41) is 0. The zero-order chi connectivity index (χ0) is 17.6. The second kappa shape index (κ2) is 13.4. The number of phosphoric ester groups is 1. The molecule has 0 aliphatic heterocycles. The van der Waals surface area contributed by atoms with Crippen molar-refractivity contribution in [3.8, 4) is 0 Å². The van der Waals surface area contributed by atoms with E-state index in [4.69, 9.17) is 9.05 Å². The molecule has 0 aromatic heterocycles. The number of phosphoric acid groups is 1. The lowest BCUT2D eigenvalue weighted by molar-refractivity contribution is 0.144. The molecule has 0 saturated carbocycles. The molecule has 5 heteroatoms. The maximum absolute atomic E-state index is 11.7. The maximum atomic E-state index is 11.7. The van der Waals surface area contributed by atoms with Gasteiger partial charge >= 0.3 is 7.82 Å². The molecule has 0 fully saturated rings. The molecule has 0 bridgehead atoms. The third-order valence-electron chi connectivity index (χ3n) is 5.11. The molecular weight excluding hydrogens is 311 g/mol. The van der Waals surface area contributed by atoms with Crippen LogP contribution in [0.15, 0.2) is 0 Å². The quantitative estimate of drug-likeness (QED) is 0.256. The highest BCUT2D eigenvalue weighted by Gasteiger charge is 2.23. The van der Waals surface area contributed by atoms with Crippen LogP contribution in [0, 0.1) is 5.41 Å². The first-order valence-electron chi connectivity index (χ1n) is 9.57. The van der Waals surface area contributed by atoms with Gasteiger partial charge in [0, 0.05) is 0 Å². The number of unbranched alkanes of at least 4 members (excludes halogenated alkanes) is 5. The molecule has 0 aliphatic carbocycles. The van der Waals surface area contributed by atoms with Gasteiger partial charge in [-0.05, 0) is 24.7 Å². The Labute approximate surface area is 144 Å². The fourth-order valence-electron chi connectivity index (χ4n) is 2.99. The molecule has 0 spiro atoms. The van der Waals surface area contributed by atoms with Gasteiger partial charge in [0.05, 0.1) is 13.2 Å². The molecule has 0 aromatic rings. The number of rotatable bonds is 16. The molecule has 0 aliphatic rings. The fraction of sp³-hybridized carbons (Fsp3) is 1.00. The Kier molecular flexibility index (Phi) is 13.5. The summed E-state index contributed by atoms with van der Waals surface area (Å²) >= 11 is 0. The Balaban J connectivity index is 3.71. The SMILES string of the molecule is CCCCCCOP(=O)(O)OCCCCCC(CC)(CC)CC. The van der Waals surface area contributed by atoms with Gasteiger partial charge in [0.15, 0.2) is 0 Å². The van der Waals surface area contributed by atoms with Crippen LogP contribution < -0.4 is 0 Å². The standard InChI is InChI=1S/C18H39O4P/c1-5-9-10-13-16-21-23(19,20)22-17-14-11-12-15-18(6-2,7-3)8-4/h5-17H2,1-4H3,(H,19,20). The summed E-state index contributed by atoms with van der Waals surface area (Å²) in [4.78, 5) is 9.58. The second-order valence-corrected chi connectivity index (χ2v) is 8.02. The lowest BCUT2D eigenvalue weighted by Crippen LogP contribution is -2.17. The van der Waals surface area contributed by atoms with E-state index >= 15 is 0 Å². The molecule has 23 heavy (non-hydrogen) atoms. The van der Waals surface area contributed by atoms with Gasteiger partial charge in [0.1, 0.15) is 0 Å². The first kappa shape index (κ1) is 23.1. The highest BCUT2D eigenvalue weighted by atomic mass is 31.2. The molecule has 0 radical (unpaired) electrons. The summed E-state index contributed by atoms with van der Waals surface area (Å²) in [7, 11) is -3.84. The van der Waals surface area contributed by atoms with E-state index in [0.29, 0.717) is 18.6 Å². The van der Waals surface area contributed by atoms with Gasteiger partial charge in [-0.3, -0.25) is 9.05 Å². The Morgan fingerprint density at radius 3 is 1.70 bits per heavy atom. The van der Waals surface area contributed by atoms with Crippen molar-refractivity contribution in [3.05, 3.63) is 0 Å². The second-order valence-electron chi connectivity index (χ2n) is 6.57. The largest absolute Gasteiger partial charge is 0.472 e. The summed E-state index contributed by atoms with van der Waals surface area (Å²) in [6.45, 7) is 9.56. The molecule has 1 unspecified atom stereocenters. The zero-order valence-corrected chi connectivity index (χ0v) is 16.7. The van der Waals surface area contributed by atoms with Crippen LogP contribution in [-0.4, -0.2) is 18.1 Å². The molecule has 4 nitrogen and oxygen atoms in total. The minimum atomic E-state index is -3.84. The van der Waals surface area contributed by atoms with Gasteiger partial charge < -0.3 is 4.89 Å². The maximum Gasteiger partial charge on any atom is 0.472 e. The average molecular weight is 350 g/mol. The van der Waals surface area contributed by atoms with E-state index in [-0.39, 0.29) is 0 Å². The average Bonchev–Trinajstić information content (AvgIpc) is 2.55. The molecule has 0 saturated heterocycles. The molecular formula is C18H39O4P. The van der Waals surface area contributed by atoms with E-state index < -0.39 is 7.82 Å². The third kappa shape index (κ3) is 11.3. The zero-order valence-electron chi connectivity index (χ0n) is 15.8. The van der Waals surface area contributed by atoms with Crippen molar-refractivity contribution in [2.24, 2.45) is 5.41 Å². The van der Waals surface area contributed by atoms with Gasteiger partial charge in [-0.2, -0.15) is 0 Å². The highest BCUT2D eigenvalue weighted by Crippen LogP contribution is 2.43. The number of hydrogen-bond acceptors (Lipinski definition) is 3. The van der Waals surface area contributed by atoms with Crippen molar-refractivity contribution in [1.29, 1.82) is 0 Å². The first-order valence-corrected chi connectivity index (χ1v) is 11.1. The summed E-state index contributed by atoms with van der Waals surface area (Å²) in [6.07, 6.45) is 12.1. The monoisotopic (exact) mass is 350 g/mol. The Bertz CT molecular complexity index is 308. The fourth-order valence-corrected chi connectivity index (χ4v) is 3.78. The van der Waals surface area contributed by atoms with Gasteiger partial charge in [-0.15, -0.1) is 0 Å². The summed E-state index contributed by atoms with van der Waals surface area (Å²) < 4.78 is 21.7. The first-order chi connectivity index (χ1) is 10.9. The molecule has 1 N–H and O–H groups in total. The predicted octanol–water partition coefficient (Wildman–Crippen LogP) is 6.48. The topological polar surface area (TPSA) is 55.8 Å². The third-order valence-corrected chi connectivity index (χ3v) is 6.13. The van der Waals surface area contributed by atoms with Crippen LogP contribution in [-0.2, 0) is 13.6 Å². The molecule has 1 atom stereocenters. The van der Waals surface area contributed by atoms with Gasteiger partial charge in [0.25, 0.3) is 0 Å². The van der Waals surface area contributed by atoms with Crippen molar-refractivity contribution in [1.82, 2.24) is 0 Å². The van der Waals surface area contributed by atoms with Crippen LogP contribution in [0.25, 0.3) is 0 Å². The van der Waals surface area contributed by atoms with E-state index in [2.05, 4.69) is 27.7 Å². The van der Waals surface area contributed by atoms with E-state index in [1.54, 1.807) is 0 Å². The van der Waals surface area contributed by atoms with Gasteiger partial charge in [0.2, 0.25) is 0 Å². The normalized spacial score (nSPS) is 14.8. The molecule has 0 rings (SSSR count). The minimum absolute atomic E-state index is 0.305. The van der Waals surface area contributed by atoms with Crippen LogP contribution >= 0.6 is 7.82 Å². The van der Waals surface area contributed by atoms with Crippen molar-refractivity contribution in [2.75, 3.05) is 13.2 Å². The lowest BCUT2D eigenvalue weighted by atomic mass is 9.76. The molecule has 0 aromatic carbocycles. The van der Waals surface area contributed by atoms with Crippen LogP contribution in [0.1, 0.15) is 98.3 Å². The van der Waals surface area contributed by atoms with Crippen LogP contribution in [0.3, 0.4) is 0 Å². The minimum Gasteiger partial charge on any atom is -0.302 e.